The van der Waals surface area contributed by atoms with E-state index in [2.05, 4.69) is 5.32 Å². The minimum atomic E-state index is -4.09. The Kier molecular flexibility index (Phi) is 9.52. The third kappa shape index (κ3) is 6.72. The highest BCUT2D eigenvalue weighted by atomic mass is 32.2. The normalized spacial score (nSPS) is 11.9. The van der Waals surface area contributed by atoms with Gasteiger partial charge in [-0.05, 0) is 80.8 Å². The summed E-state index contributed by atoms with van der Waals surface area (Å²) in [6.45, 7) is 7.28. The Morgan fingerprint density at radius 3 is 2.29 bits per heavy atom. The van der Waals surface area contributed by atoms with Gasteiger partial charge in [0.05, 0.1) is 17.7 Å². The summed E-state index contributed by atoms with van der Waals surface area (Å²) in [7, 11) is -2.54. The van der Waals surface area contributed by atoms with Crippen molar-refractivity contribution in [1.29, 1.82) is 0 Å². The lowest BCUT2D eigenvalue weighted by Crippen LogP contribution is -2.51. The molecular weight excluding hydrogens is 502 g/mol. The maximum absolute atomic E-state index is 13.9. The van der Waals surface area contributed by atoms with Gasteiger partial charge < -0.3 is 15.0 Å². The van der Waals surface area contributed by atoms with Crippen molar-refractivity contribution >= 4 is 27.5 Å². The first kappa shape index (κ1) is 28.7. The van der Waals surface area contributed by atoms with Gasteiger partial charge in [0.2, 0.25) is 11.8 Å². The SMILES string of the molecule is CCNC(=O)C(C)N(Cc1cccc(OC)c1)C(=O)CN(c1ccc(C)c(C)c1)S(=O)(=O)c1ccccc1. The van der Waals surface area contributed by atoms with E-state index in [0.717, 1.165) is 21.0 Å². The predicted octanol–water partition coefficient (Wildman–Crippen LogP) is 4.06. The fourth-order valence-corrected chi connectivity index (χ4v) is 5.43. The molecule has 2 amide bonds. The van der Waals surface area contributed by atoms with E-state index < -0.39 is 28.5 Å². The fourth-order valence-electron chi connectivity index (χ4n) is 4.00. The van der Waals surface area contributed by atoms with Crippen molar-refractivity contribution in [1.82, 2.24) is 10.2 Å². The van der Waals surface area contributed by atoms with Crippen molar-refractivity contribution in [2.24, 2.45) is 0 Å². The standard InChI is InChI=1S/C29H35N3O5S/c1-6-30-29(34)23(4)31(19-24-11-10-12-26(18-24)37-5)28(33)20-32(25-16-15-21(2)22(3)17-25)38(35,36)27-13-8-7-9-14-27/h7-18,23H,6,19-20H2,1-5H3,(H,30,34). The van der Waals surface area contributed by atoms with E-state index in [1.165, 1.54) is 17.0 Å². The van der Waals surface area contributed by atoms with Crippen LogP contribution in [0, 0.1) is 13.8 Å². The lowest BCUT2D eigenvalue weighted by atomic mass is 10.1. The van der Waals surface area contributed by atoms with Crippen LogP contribution in [0.15, 0.2) is 77.7 Å². The molecular formula is C29H35N3O5S. The highest BCUT2D eigenvalue weighted by Crippen LogP contribution is 2.26. The third-order valence-electron chi connectivity index (χ3n) is 6.39. The van der Waals surface area contributed by atoms with E-state index in [0.29, 0.717) is 18.0 Å². The largest absolute Gasteiger partial charge is 0.497 e. The van der Waals surface area contributed by atoms with E-state index in [9.17, 15) is 18.0 Å². The summed E-state index contributed by atoms with van der Waals surface area (Å²) in [4.78, 5) is 28.1. The molecule has 0 saturated heterocycles. The van der Waals surface area contributed by atoms with Gasteiger partial charge in [0.1, 0.15) is 18.3 Å². The summed E-state index contributed by atoms with van der Waals surface area (Å²) < 4.78 is 34.0. The van der Waals surface area contributed by atoms with Crippen LogP contribution in [0.1, 0.15) is 30.5 Å². The lowest BCUT2D eigenvalue weighted by molar-refractivity contribution is -0.139. The molecule has 0 radical (unpaired) electrons. The van der Waals surface area contributed by atoms with E-state index in [-0.39, 0.29) is 17.3 Å². The summed E-state index contributed by atoms with van der Waals surface area (Å²) in [6.07, 6.45) is 0. The maximum atomic E-state index is 13.9. The predicted molar refractivity (Wildman–Crippen MR) is 149 cm³/mol. The molecule has 3 rings (SSSR count). The number of rotatable bonds is 11. The Labute approximate surface area is 225 Å². The maximum Gasteiger partial charge on any atom is 0.264 e. The van der Waals surface area contributed by atoms with Gasteiger partial charge in [0.15, 0.2) is 0 Å². The van der Waals surface area contributed by atoms with Gasteiger partial charge >= 0.3 is 0 Å². The molecule has 3 aromatic rings. The molecule has 0 heterocycles. The first-order valence-electron chi connectivity index (χ1n) is 12.4. The van der Waals surface area contributed by atoms with E-state index in [4.69, 9.17) is 4.74 Å². The van der Waals surface area contributed by atoms with Gasteiger partial charge in [0.25, 0.3) is 10.0 Å². The molecule has 1 atom stereocenters. The zero-order valence-electron chi connectivity index (χ0n) is 22.5. The molecule has 9 heteroatoms. The van der Waals surface area contributed by atoms with Crippen LogP contribution in [-0.2, 0) is 26.2 Å². The number of amides is 2. The van der Waals surface area contributed by atoms with E-state index in [1.54, 1.807) is 69.5 Å². The van der Waals surface area contributed by atoms with E-state index in [1.807, 2.05) is 26.0 Å². The number of nitrogens with one attached hydrogen (secondary N) is 1. The molecule has 1 unspecified atom stereocenters. The van der Waals surface area contributed by atoms with Crippen LogP contribution >= 0.6 is 0 Å². The first-order valence-corrected chi connectivity index (χ1v) is 13.9. The van der Waals surface area contributed by atoms with Crippen molar-refractivity contribution in [2.45, 2.75) is 45.2 Å². The van der Waals surface area contributed by atoms with Gasteiger partial charge in [-0.1, -0.05) is 36.4 Å². The molecule has 0 fully saturated rings. The molecule has 0 aliphatic rings. The molecule has 0 bridgehead atoms. The Morgan fingerprint density at radius 1 is 0.947 bits per heavy atom. The van der Waals surface area contributed by atoms with Gasteiger partial charge in [-0.3, -0.25) is 13.9 Å². The van der Waals surface area contributed by atoms with Gasteiger partial charge in [-0.15, -0.1) is 0 Å². The second-order valence-electron chi connectivity index (χ2n) is 9.04. The molecule has 38 heavy (non-hydrogen) atoms. The average Bonchev–Trinajstić information content (AvgIpc) is 2.92. The molecule has 0 spiro atoms. The lowest BCUT2D eigenvalue weighted by Gasteiger charge is -2.32. The zero-order valence-corrected chi connectivity index (χ0v) is 23.3. The number of benzene rings is 3. The van der Waals surface area contributed by atoms with Crippen molar-refractivity contribution in [3.05, 3.63) is 89.5 Å². The average molecular weight is 538 g/mol. The summed E-state index contributed by atoms with van der Waals surface area (Å²) in [5.74, 6) is -0.222. The van der Waals surface area contributed by atoms with Crippen molar-refractivity contribution in [3.8, 4) is 5.75 Å². The summed E-state index contributed by atoms with van der Waals surface area (Å²) >= 11 is 0. The number of methoxy groups -OCH3 is 1. The van der Waals surface area contributed by atoms with Crippen molar-refractivity contribution in [3.63, 3.8) is 0 Å². The number of likely N-dealkylation sites (N-methyl/N-ethyl adjacent to an activating group) is 1. The van der Waals surface area contributed by atoms with Gasteiger partial charge in [0, 0.05) is 13.1 Å². The number of hydrogen-bond donors (Lipinski definition) is 1. The van der Waals surface area contributed by atoms with Crippen LogP contribution in [-0.4, -0.2) is 51.4 Å². The molecule has 1 N–H and O–H groups in total. The third-order valence-corrected chi connectivity index (χ3v) is 8.18. The van der Waals surface area contributed by atoms with Crippen LogP contribution in [0.25, 0.3) is 0 Å². The smallest absolute Gasteiger partial charge is 0.264 e. The van der Waals surface area contributed by atoms with E-state index >= 15 is 0 Å². The Hall–Kier alpha value is -3.85. The van der Waals surface area contributed by atoms with Crippen molar-refractivity contribution < 1.29 is 22.7 Å². The molecule has 202 valence electrons. The van der Waals surface area contributed by atoms with Crippen LogP contribution in [0.5, 0.6) is 5.75 Å². The topological polar surface area (TPSA) is 96.0 Å². The van der Waals surface area contributed by atoms with Crippen LogP contribution < -0.4 is 14.4 Å². The Morgan fingerprint density at radius 2 is 1.66 bits per heavy atom. The van der Waals surface area contributed by atoms with Crippen LogP contribution in [0.3, 0.4) is 0 Å². The highest BCUT2D eigenvalue weighted by Gasteiger charge is 2.32. The monoisotopic (exact) mass is 537 g/mol. The van der Waals surface area contributed by atoms with Gasteiger partial charge in [-0.25, -0.2) is 8.42 Å². The quantitative estimate of drug-likeness (QED) is 0.398. The first-order chi connectivity index (χ1) is 18.1. The zero-order chi connectivity index (χ0) is 27.9. The molecule has 0 aliphatic heterocycles. The Bertz CT molecular complexity index is 1380. The number of aryl methyl sites for hydroxylation is 2. The summed E-state index contributed by atoms with van der Waals surface area (Å²) in [5, 5.41) is 2.75. The van der Waals surface area contributed by atoms with Crippen LogP contribution in [0.2, 0.25) is 0 Å². The number of carbonyl (C=O) groups is 2. The number of sulfonamides is 1. The molecule has 0 aromatic heterocycles. The number of ether oxygens (including phenoxy) is 1. The minimum Gasteiger partial charge on any atom is -0.497 e. The fraction of sp³-hybridized carbons (Fsp3) is 0.310. The molecule has 8 nitrogen and oxygen atoms in total. The van der Waals surface area contributed by atoms with Gasteiger partial charge in [-0.2, -0.15) is 0 Å². The molecule has 0 aliphatic carbocycles. The minimum absolute atomic E-state index is 0.0714. The number of carbonyl (C=O) groups excluding carboxylic acids is 2. The summed E-state index contributed by atoms with van der Waals surface area (Å²) in [5.41, 5.74) is 3.02. The highest BCUT2D eigenvalue weighted by molar-refractivity contribution is 7.92. The second kappa shape index (κ2) is 12.6. The Balaban J connectivity index is 2.05. The van der Waals surface area contributed by atoms with Crippen LogP contribution in [0.4, 0.5) is 5.69 Å². The van der Waals surface area contributed by atoms with Crippen molar-refractivity contribution in [2.75, 3.05) is 24.5 Å². The molecule has 3 aromatic carbocycles. The molecule has 0 saturated carbocycles. The second-order valence-corrected chi connectivity index (χ2v) is 10.9. The number of anilines is 1. The number of nitrogens with zero attached hydrogens (tertiary/aromatic N) is 2. The summed E-state index contributed by atoms with van der Waals surface area (Å²) in [6, 6.07) is 19.6. The number of hydrogen-bond acceptors (Lipinski definition) is 5.